The molecule has 152 valence electrons. The van der Waals surface area contributed by atoms with Gasteiger partial charge in [-0.3, -0.25) is 9.89 Å². The Morgan fingerprint density at radius 1 is 1.24 bits per heavy atom. The summed E-state index contributed by atoms with van der Waals surface area (Å²) in [4.78, 5) is 16.9. The molecule has 1 amide bonds. The summed E-state index contributed by atoms with van der Waals surface area (Å²) in [5.74, 6) is 0.631. The molecule has 0 bridgehead atoms. The van der Waals surface area contributed by atoms with E-state index in [1.54, 1.807) is 44.4 Å². The Hall–Kier alpha value is -2.58. The number of benzene rings is 2. The zero-order valence-corrected chi connectivity index (χ0v) is 17.6. The van der Waals surface area contributed by atoms with Crippen LogP contribution in [0, 0.1) is 5.82 Å². The number of carbonyl (C=O) groups is 1. The fraction of sp³-hybridized carbons (Fsp3) is 0.250. The number of hydrogen-bond acceptors (Lipinski definition) is 5. The summed E-state index contributed by atoms with van der Waals surface area (Å²) in [7, 11) is 1.56. The number of thioether (sulfide) groups is 1. The lowest BCUT2D eigenvalue weighted by atomic mass is 10.1. The fourth-order valence-electron chi connectivity index (χ4n) is 2.66. The molecule has 2 N–H and O–H groups in total. The zero-order valence-electron chi connectivity index (χ0n) is 16.1. The molecule has 0 aliphatic rings. The Kier molecular flexibility index (Phi) is 6.76. The summed E-state index contributed by atoms with van der Waals surface area (Å²) in [5.41, 5.74) is 1.51. The Bertz CT molecular complexity index is 996. The molecule has 3 aromatic rings. The molecule has 9 heteroatoms. The van der Waals surface area contributed by atoms with E-state index >= 15 is 0 Å². The van der Waals surface area contributed by atoms with Crippen molar-refractivity contribution in [2.45, 2.75) is 30.3 Å². The minimum Gasteiger partial charge on any atom is -0.496 e. The summed E-state index contributed by atoms with van der Waals surface area (Å²) in [6.45, 7) is 3.62. The molecular weight excluding hydrogens is 415 g/mol. The van der Waals surface area contributed by atoms with Crippen molar-refractivity contribution in [3.8, 4) is 17.1 Å². The van der Waals surface area contributed by atoms with Gasteiger partial charge >= 0.3 is 0 Å². The first-order chi connectivity index (χ1) is 13.9. The molecule has 2 atom stereocenters. The molecule has 0 spiro atoms. The molecule has 0 saturated carbocycles. The molecule has 29 heavy (non-hydrogen) atoms. The molecule has 0 radical (unpaired) electrons. The van der Waals surface area contributed by atoms with Crippen molar-refractivity contribution >= 4 is 29.3 Å². The summed E-state index contributed by atoms with van der Waals surface area (Å²) in [6, 6.07) is 11.0. The van der Waals surface area contributed by atoms with Gasteiger partial charge in [0.25, 0.3) is 0 Å². The van der Waals surface area contributed by atoms with Crippen LogP contribution in [0.1, 0.15) is 25.5 Å². The average molecular weight is 435 g/mol. The van der Waals surface area contributed by atoms with Crippen molar-refractivity contribution in [2.24, 2.45) is 0 Å². The number of nitrogens with one attached hydrogen (secondary N) is 2. The Morgan fingerprint density at radius 2 is 1.97 bits per heavy atom. The van der Waals surface area contributed by atoms with Gasteiger partial charge < -0.3 is 10.1 Å². The molecule has 6 nitrogen and oxygen atoms in total. The predicted octanol–water partition coefficient (Wildman–Crippen LogP) is 4.63. The number of aromatic amines is 1. The van der Waals surface area contributed by atoms with Crippen LogP contribution in [0.25, 0.3) is 11.4 Å². The molecule has 0 saturated heterocycles. The van der Waals surface area contributed by atoms with Gasteiger partial charge in [0.05, 0.1) is 24.0 Å². The Labute approximate surface area is 177 Å². The highest BCUT2D eigenvalue weighted by Crippen LogP contribution is 2.31. The molecule has 2 aromatic carbocycles. The number of rotatable bonds is 7. The summed E-state index contributed by atoms with van der Waals surface area (Å²) >= 11 is 7.29. The highest BCUT2D eigenvalue weighted by molar-refractivity contribution is 8.00. The number of ether oxygens (including phenoxy) is 1. The first-order valence-corrected chi connectivity index (χ1v) is 10.1. The summed E-state index contributed by atoms with van der Waals surface area (Å²) < 4.78 is 18.4. The van der Waals surface area contributed by atoms with Crippen LogP contribution in [0.3, 0.4) is 0 Å². The molecule has 3 rings (SSSR count). The molecule has 0 unspecified atom stereocenters. The molecule has 0 fully saturated rings. The molecule has 0 aliphatic carbocycles. The number of H-pyrrole nitrogens is 1. The average Bonchev–Trinajstić information content (AvgIpc) is 3.16. The van der Waals surface area contributed by atoms with Gasteiger partial charge in [0.2, 0.25) is 11.1 Å². The van der Waals surface area contributed by atoms with E-state index in [9.17, 15) is 9.18 Å². The SMILES string of the molecule is COc1ccc(Cl)cc1-c1nc(S[C@H](C)C(=O)N[C@H](C)c2ccc(F)cc2)n[nH]1. The van der Waals surface area contributed by atoms with Crippen molar-refractivity contribution in [1.82, 2.24) is 20.5 Å². The van der Waals surface area contributed by atoms with Crippen LogP contribution in [0.4, 0.5) is 4.39 Å². The number of hydrogen-bond donors (Lipinski definition) is 2. The van der Waals surface area contributed by atoms with E-state index in [2.05, 4.69) is 20.5 Å². The Morgan fingerprint density at radius 3 is 2.66 bits per heavy atom. The van der Waals surface area contributed by atoms with Crippen LogP contribution >= 0.6 is 23.4 Å². The number of carbonyl (C=O) groups excluding carboxylic acids is 1. The van der Waals surface area contributed by atoms with Crippen molar-refractivity contribution in [3.05, 3.63) is 58.9 Å². The zero-order chi connectivity index (χ0) is 21.0. The van der Waals surface area contributed by atoms with Crippen LogP contribution in [0.5, 0.6) is 5.75 Å². The third kappa shape index (κ3) is 5.27. The number of aromatic nitrogens is 3. The first kappa shape index (κ1) is 21.1. The smallest absolute Gasteiger partial charge is 0.233 e. The second-order valence-electron chi connectivity index (χ2n) is 6.35. The topological polar surface area (TPSA) is 79.9 Å². The summed E-state index contributed by atoms with van der Waals surface area (Å²) in [5, 5.41) is 10.5. The maximum atomic E-state index is 13.1. The van der Waals surface area contributed by atoms with Gasteiger partial charge in [-0.1, -0.05) is 35.5 Å². The van der Waals surface area contributed by atoms with Crippen molar-refractivity contribution < 1.29 is 13.9 Å². The third-order valence-corrected chi connectivity index (χ3v) is 5.46. The second kappa shape index (κ2) is 9.28. The van der Waals surface area contributed by atoms with Gasteiger partial charge in [0.15, 0.2) is 5.82 Å². The minimum absolute atomic E-state index is 0.168. The standard InChI is InChI=1S/C20H20ClFN4O2S/c1-11(13-4-7-15(22)8-5-13)23-19(27)12(2)29-20-24-18(25-26-20)16-10-14(21)6-9-17(16)28-3/h4-12H,1-3H3,(H,23,27)(H,24,25,26)/t11-,12-/m1/s1. The van der Waals surface area contributed by atoms with E-state index in [1.807, 2.05) is 6.92 Å². The van der Waals surface area contributed by atoms with E-state index in [4.69, 9.17) is 16.3 Å². The van der Waals surface area contributed by atoms with Gasteiger partial charge in [-0.05, 0) is 49.7 Å². The maximum absolute atomic E-state index is 13.1. The normalized spacial score (nSPS) is 13.0. The predicted molar refractivity (Wildman–Crippen MR) is 112 cm³/mol. The highest BCUT2D eigenvalue weighted by Gasteiger charge is 2.20. The van der Waals surface area contributed by atoms with Gasteiger partial charge in [0.1, 0.15) is 11.6 Å². The lowest BCUT2D eigenvalue weighted by Crippen LogP contribution is -2.33. The molecule has 1 heterocycles. The van der Waals surface area contributed by atoms with E-state index in [-0.39, 0.29) is 17.8 Å². The highest BCUT2D eigenvalue weighted by atomic mass is 35.5. The van der Waals surface area contributed by atoms with Crippen molar-refractivity contribution in [3.63, 3.8) is 0 Å². The van der Waals surface area contributed by atoms with E-state index in [0.29, 0.717) is 27.3 Å². The Balaban J connectivity index is 1.65. The maximum Gasteiger partial charge on any atom is 0.233 e. The van der Waals surface area contributed by atoms with Gasteiger partial charge in [-0.2, -0.15) is 0 Å². The summed E-state index contributed by atoms with van der Waals surface area (Å²) in [6.07, 6.45) is 0. The van der Waals surface area contributed by atoms with Gasteiger partial charge in [-0.25, -0.2) is 9.37 Å². The number of halogens is 2. The van der Waals surface area contributed by atoms with Crippen LogP contribution in [0.15, 0.2) is 47.6 Å². The van der Waals surface area contributed by atoms with E-state index in [0.717, 1.165) is 5.56 Å². The lowest BCUT2D eigenvalue weighted by Gasteiger charge is -2.17. The quantitative estimate of drug-likeness (QED) is 0.530. The van der Waals surface area contributed by atoms with Crippen LogP contribution < -0.4 is 10.1 Å². The van der Waals surface area contributed by atoms with E-state index < -0.39 is 5.25 Å². The number of methoxy groups -OCH3 is 1. The van der Waals surface area contributed by atoms with E-state index in [1.165, 1.54) is 23.9 Å². The first-order valence-electron chi connectivity index (χ1n) is 8.86. The molecule has 1 aromatic heterocycles. The van der Waals surface area contributed by atoms with Crippen LogP contribution in [-0.4, -0.2) is 33.4 Å². The molecule has 0 aliphatic heterocycles. The van der Waals surface area contributed by atoms with Crippen LogP contribution in [-0.2, 0) is 4.79 Å². The largest absolute Gasteiger partial charge is 0.496 e. The number of amides is 1. The molecular formula is C20H20ClFN4O2S. The minimum atomic E-state index is -0.428. The van der Waals surface area contributed by atoms with Crippen LogP contribution in [0.2, 0.25) is 5.02 Å². The fourth-order valence-corrected chi connectivity index (χ4v) is 3.57. The number of nitrogens with zero attached hydrogens (tertiary/aromatic N) is 2. The second-order valence-corrected chi connectivity index (χ2v) is 8.10. The lowest BCUT2D eigenvalue weighted by molar-refractivity contribution is -0.120. The van der Waals surface area contributed by atoms with Crippen molar-refractivity contribution in [2.75, 3.05) is 7.11 Å². The van der Waals surface area contributed by atoms with Gasteiger partial charge in [0, 0.05) is 5.02 Å². The monoisotopic (exact) mass is 434 g/mol. The third-order valence-electron chi connectivity index (χ3n) is 4.26. The van der Waals surface area contributed by atoms with Gasteiger partial charge in [-0.15, -0.1) is 5.10 Å². The van der Waals surface area contributed by atoms with Crippen molar-refractivity contribution in [1.29, 1.82) is 0 Å².